The molecule has 23 heavy (non-hydrogen) atoms. The molecule has 6 heteroatoms. The molecular weight excluding hydrogens is 294 g/mol. The predicted octanol–water partition coefficient (Wildman–Crippen LogP) is 3.47. The van der Waals surface area contributed by atoms with Crippen molar-refractivity contribution in [2.45, 2.75) is 13.5 Å². The van der Waals surface area contributed by atoms with Gasteiger partial charge in [-0.25, -0.2) is 4.79 Å². The van der Waals surface area contributed by atoms with Crippen molar-refractivity contribution in [3.8, 4) is 5.75 Å². The monoisotopic (exact) mass is 311 g/mol. The van der Waals surface area contributed by atoms with E-state index in [1.54, 1.807) is 7.11 Å². The number of carbonyl (C=O) groups is 1. The highest BCUT2D eigenvalue weighted by molar-refractivity contribution is 5.91. The first-order valence-corrected chi connectivity index (χ1v) is 7.20. The lowest BCUT2D eigenvalue weighted by molar-refractivity contribution is 0.251. The summed E-state index contributed by atoms with van der Waals surface area (Å²) in [4.78, 5) is 12.1. The second-order valence-electron chi connectivity index (χ2n) is 5.14. The number of amides is 2. The molecule has 6 nitrogen and oxygen atoms in total. The van der Waals surface area contributed by atoms with E-state index in [0.29, 0.717) is 22.7 Å². The fourth-order valence-corrected chi connectivity index (χ4v) is 2.32. The highest BCUT2D eigenvalue weighted by atomic mass is 16.5. The van der Waals surface area contributed by atoms with Gasteiger partial charge in [-0.2, -0.15) is 0 Å². The molecule has 1 aromatic heterocycles. The molecule has 3 rings (SSSR count). The number of methoxy groups -OCH3 is 1. The first kappa shape index (κ1) is 14.9. The summed E-state index contributed by atoms with van der Waals surface area (Å²) < 4.78 is 10.4. The molecule has 0 saturated carbocycles. The minimum atomic E-state index is -0.332. The molecule has 0 fully saturated rings. The Bertz CT molecular complexity index is 842. The first-order chi connectivity index (χ1) is 11.2. The van der Waals surface area contributed by atoms with Crippen LogP contribution in [-0.4, -0.2) is 18.3 Å². The van der Waals surface area contributed by atoms with Gasteiger partial charge in [-0.1, -0.05) is 23.4 Å². The quantitative estimate of drug-likeness (QED) is 0.773. The van der Waals surface area contributed by atoms with Gasteiger partial charge >= 0.3 is 6.03 Å². The number of nitrogens with one attached hydrogen (secondary N) is 2. The van der Waals surface area contributed by atoms with Gasteiger partial charge in [0.1, 0.15) is 11.4 Å². The van der Waals surface area contributed by atoms with E-state index >= 15 is 0 Å². The Morgan fingerprint density at radius 3 is 2.91 bits per heavy atom. The van der Waals surface area contributed by atoms with E-state index in [4.69, 9.17) is 9.26 Å². The number of para-hydroxylation sites is 1. The van der Waals surface area contributed by atoms with Crippen molar-refractivity contribution in [2.75, 3.05) is 12.4 Å². The Morgan fingerprint density at radius 1 is 1.26 bits per heavy atom. The Hall–Kier alpha value is -3.02. The van der Waals surface area contributed by atoms with Crippen molar-refractivity contribution in [2.24, 2.45) is 0 Å². The molecule has 0 saturated heterocycles. The van der Waals surface area contributed by atoms with Gasteiger partial charge in [0.05, 0.1) is 19.3 Å². The minimum Gasteiger partial charge on any atom is -0.495 e. The summed E-state index contributed by atoms with van der Waals surface area (Å²) in [5, 5.41) is 10.4. The summed E-state index contributed by atoms with van der Waals surface area (Å²) >= 11 is 0. The largest absolute Gasteiger partial charge is 0.495 e. The van der Waals surface area contributed by atoms with Crippen LogP contribution in [-0.2, 0) is 6.54 Å². The van der Waals surface area contributed by atoms with Gasteiger partial charge in [0.2, 0.25) is 0 Å². The molecule has 0 atom stereocenters. The molecule has 2 N–H and O–H groups in total. The van der Waals surface area contributed by atoms with E-state index in [0.717, 1.165) is 10.9 Å². The zero-order valence-corrected chi connectivity index (χ0v) is 12.9. The van der Waals surface area contributed by atoms with Crippen LogP contribution in [0.3, 0.4) is 0 Å². The van der Waals surface area contributed by atoms with E-state index in [2.05, 4.69) is 15.8 Å². The van der Waals surface area contributed by atoms with Gasteiger partial charge in [0.15, 0.2) is 5.58 Å². The first-order valence-electron chi connectivity index (χ1n) is 7.20. The Kier molecular flexibility index (Phi) is 4.14. The maximum atomic E-state index is 12.1. The number of nitrogens with zero attached hydrogens (tertiary/aromatic N) is 1. The Morgan fingerprint density at radius 2 is 2.09 bits per heavy atom. The number of rotatable bonds is 4. The van der Waals surface area contributed by atoms with Crippen molar-refractivity contribution in [3.63, 3.8) is 0 Å². The summed E-state index contributed by atoms with van der Waals surface area (Å²) in [5.41, 5.74) is 3.04. The fraction of sp³-hybridized carbons (Fsp3) is 0.176. The van der Waals surface area contributed by atoms with Crippen LogP contribution in [0, 0.1) is 6.92 Å². The van der Waals surface area contributed by atoms with Gasteiger partial charge in [-0.05, 0) is 36.8 Å². The third-order valence-corrected chi connectivity index (χ3v) is 3.47. The standard InChI is InChI=1S/C17H17N3O3/c1-11-7-8-16(22-2)13(9-11)19-17(21)18-10-14-12-5-3-4-6-15(12)23-20-14/h3-9H,10H2,1-2H3,(H2,18,19,21). The van der Waals surface area contributed by atoms with Crippen LogP contribution >= 0.6 is 0 Å². The third kappa shape index (κ3) is 3.26. The number of urea groups is 1. The van der Waals surface area contributed by atoms with Crippen LogP contribution in [0.15, 0.2) is 47.0 Å². The number of hydrogen-bond donors (Lipinski definition) is 2. The van der Waals surface area contributed by atoms with Crippen molar-refractivity contribution in [3.05, 3.63) is 53.7 Å². The third-order valence-electron chi connectivity index (χ3n) is 3.47. The number of aromatic nitrogens is 1. The number of carbonyl (C=O) groups excluding carboxylic acids is 1. The van der Waals surface area contributed by atoms with Crippen molar-refractivity contribution in [1.82, 2.24) is 10.5 Å². The maximum absolute atomic E-state index is 12.1. The SMILES string of the molecule is COc1ccc(C)cc1NC(=O)NCc1noc2ccccc12. The van der Waals surface area contributed by atoms with Crippen LogP contribution in [0.1, 0.15) is 11.3 Å². The second kappa shape index (κ2) is 6.39. The number of ether oxygens (including phenoxy) is 1. The van der Waals surface area contributed by atoms with Crippen LogP contribution < -0.4 is 15.4 Å². The molecule has 0 radical (unpaired) electrons. The van der Waals surface area contributed by atoms with Crippen LogP contribution in [0.5, 0.6) is 5.75 Å². The molecule has 0 spiro atoms. The van der Waals surface area contributed by atoms with Crippen molar-refractivity contribution in [1.29, 1.82) is 0 Å². The highest BCUT2D eigenvalue weighted by Gasteiger charge is 2.10. The zero-order valence-electron chi connectivity index (χ0n) is 12.9. The summed E-state index contributed by atoms with van der Waals surface area (Å²) in [6.45, 7) is 2.22. The van der Waals surface area contributed by atoms with Crippen molar-refractivity contribution >= 4 is 22.7 Å². The van der Waals surface area contributed by atoms with E-state index in [1.165, 1.54) is 0 Å². The Labute approximate surface area is 133 Å². The lowest BCUT2D eigenvalue weighted by atomic mass is 10.2. The number of anilines is 1. The zero-order chi connectivity index (χ0) is 16.2. The number of benzene rings is 2. The van der Waals surface area contributed by atoms with E-state index < -0.39 is 0 Å². The average molecular weight is 311 g/mol. The van der Waals surface area contributed by atoms with Crippen molar-refractivity contribution < 1.29 is 14.1 Å². The molecule has 0 aliphatic heterocycles. The second-order valence-corrected chi connectivity index (χ2v) is 5.14. The normalized spacial score (nSPS) is 10.5. The number of hydrogen-bond acceptors (Lipinski definition) is 4. The molecule has 0 unspecified atom stereocenters. The lowest BCUT2D eigenvalue weighted by Gasteiger charge is -2.11. The molecule has 1 heterocycles. The van der Waals surface area contributed by atoms with Gasteiger partial charge in [0.25, 0.3) is 0 Å². The number of fused-ring (bicyclic) bond motifs is 1. The lowest BCUT2D eigenvalue weighted by Crippen LogP contribution is -2.28. The fourth-order valence-electron chi connectivity index (χ4n) is 2.32. The van der Waals surface area contributed by atoms with E-state index in [-0.39, 0.29) is 12.6 Å². The molecular formula is C17H17N3O3. The molecule has 0 bridgehead atoms. The maximum Gasteiger partial charge on any atom is 0.319 e. The van der Waals surface area contributed by atoms with Crippen LogP contribution in [0.4, 0.5) is 10.5 Å². The Balaban J connectivity index is 1.67. The van der Waals surface area contributed by atoms with E-state index in [1.807, 2.05) is 49.4 Å². The molecule has 0 aliphatic carbocycles. The van der Waals surface area contributed by atoms with Crippen LogP contribution in [0.2, 0.25) is 0 Å². The summed E-state index contributed by atoms with van der Waals surface area (Å²) in [7, 11) is 1.56. The molecule has 2 amide bonds. The summed E-state index contributed by atoms with van der Waals surface area (Å²) in [5.74, 6) is 0.609. The van der Waals surface area contributed by atoms with Gasteiger partial charge in [-0.15, -0.1) is 0 Å². The minimum absolute atomic E-state index is 0.275. The molecule has 3 aromatic rings. The molecule has 0 aliphatic rings. The average Bonchev–Trinajstić information content (AvgIpc) is 2.96. The van der Waals surface area contributed by atoms with Gasteiger partial charge < -0.3 is 19.9 Å². The topological polar surface area (TPSA) is 76.4 Å². The highest BCUT2D eigenvalue weighted by Crippen LogP contribution is 2.25. The number of aryl methyl sites for hydroxylation is 1. The molecule has 118 valence electrons. The van der Waals surface area contributed by atoms with Gasteiger partial charge in [-0.3, -0.25) is 0 Å². The van der Waals surface area contributed by atoms with Gasteiger partial charge in [0, 0.05) is 5.39 Å². The smallest absolute Gasteiger partial charge is 0.319 e. The van der Waals surface area contributed by atoms with E-state index in [9.17, 15) is 4.79 Å². The predicted molar refractivity (Wildman–Crippen MR) is 87.6 cm³/mol. The summed E-state index contributed by atoms with van der Waals surface area (Å²) in [6, 6.07) is 12.8. The molecule has 2 aromatic carbocycles. The summed E-state index contributed by atoms with van der Waals surface area (Å²) in [6.07, 6.45) is 0. The van der Waals surface area contributed by atoms with Crippen LogP contribution in [0.25, 0.3) is 11.0 Å².